The highest BCUT2D eigenvalue weighted by molar-refractivity contribution is 7.90. The Kier molecular flexibility index (Phi) is 6.91. The van der Waals surface area contributed by atoms with E-state index in [2.05, 4.69) is 38.1 Å². The number of likely N-dealkylation sites (tertiary alicyclic amines) is 1. The molecule has 0 spiro atoms. The molecule has 196 valence electrons. The molecule has 1 saturated heterocycles. The number of pyridine rings is 1. The lowest BCUT2D eigenvalue weighted by molar-refractivity contribution is 0.200. The number of anilines is 1. The number of ether oxygens (including phenoxy) is 1. The number of urea groups is 1. The summed E-state index contributed by atoms with van der Waals surface area (Å²) in [4.78, 5) is 19.6. The molecule has 2 aliphatic rings. The number of amides is 2. The molecular weight excluding hydrogens is 492 g/mol. The highest BCUT2D eigenvalue weighted by Gasteiger charge is 2.25. The quantitative estimate of drug-likeness (QED) is 0.485. The summed E-state index contributed by atoms with van der Waals surface area (Å²) in [5, 5.41) is 6.71. The van der Waals surface area contributed by atoms with Crippen LogP contribution < -0.4 is 14.8 Å². The van der Waals surface area contributed by atoms with E-state index in [9.17, 15) is 13.2 Å². The van der Waals surface area contributed by atoms with Crippen molar-refractivity contribution in [3.05, 3.63) is 53.9 Å². The Labute approximate surface area is 217 Å². The third-order valence-corrected chi connectivity index (χ3v) is 8.04. The van der Waals surface area contributed by atoms with E-state index < -0.39 is 16.1 Å². The van der Waals surface area contributed by atoms with Crippen LogP contribution in [0.25, 0.3) is 11.1 Å². The number of benzene rings is 1. The van der Waals surface area contributed by atoms with Crippen LogP contribution >= 0.6 is 0 Å². The van der Waals surface area contributed by atoms with E-state index in [0.29, 0.717) is 11.6 Å². The fourth-order valence-corrected chi connectivity index (χ4v) is 5.76. The lowest BCUT2D eigenvalue weighted by Crippen LogP contribution is -2.35. The van der Waals surface area contributed by atoms with Gasteiger partial charge in [-0.1, -0.05) is 12.1 Å². The molecule has 3 heterocycles. The molecule has 1 unspecified atom stereocenters. The average molecular weight is 525 g/mol. The highest BCUT2D eigenvalue weighted by Crippen LogP contribution is 2.38. The van der Waals surface area contributed by atoms with E-state index in [4.69, 9.17) is 4.74 Å². The molecule has 11 heteroatoms. The monoisotopic (exact) mass is 524 g/mol. The summed E-state index contributed by atoms with van der Waals surface area (Å²) in [6.07, 6.45) is 6.98. The summed E-state index contributed by atoms with van der Waals surface area (Å²) in [5.74, 6) is 0.525. The molecule has 2 N–H and O–H groups in total. The molecule has 1 atom stereocenters. The van der Waals surface area contributed by atoms with Gasteiger partial charge in [-0.05, 0) is 75.4 Å². The number of carbonyl (C=O) groups excluding carboxylic acids is 1. The van der Waals surface area contributed by atoms with E-state index in [0.717, 1.165) is 61.0 Å². The summed E-state index contributed by atoms with van der Waals surface area (Å²) >= 11 is 0. The molecule has 0 saturated carbocycles. The summed E-state index contributed by atoms with van der Waals surface area (Å²) in [7, 11) is -2.07. The number of carbonyl (C=O) groups is 1. The molecule has 1 aromatic carbocycles. The number of hydrogen-bond acceptors (Lipinski definition) is 7. The predicted octanol–water partition coefficient (Wildman–Crippen LogP) is 3.61. The third-order valence-electron chi connectivity index (χ3n) is 6.82. The lowest BCUT2D eigenvalue weighted by Gasteiger charge is -2.18. The number of rotatable bonds is 7. The Morgan fingerprint density at radius 2 is 2.03 bits per heavy atom. The Morgan fingerprint density at radius 3 is 2.76 bits per heavy atom. The Morgan fingerprint density at radius 1 is 1.19 bits per heavy atom. The van der Waals surface area contributed by atoms with E-state index >= 15 is 0 Å². The van der Waals surface area contributed by atoms with Crippen molar-refractivity contribution in [3.63, 3.8) is 0 Å². The molecule has 0 radical (unpaired) electrons. The Bertz CT molecular complexity index is 1420. The number of hydrogen-bond donors (Lipinski definition) is 2. The van der Waals surface area contributed by atoms with Gasteiger partial charge in [0.15, 0.2) is 5.03 Å². The van der Waals surface area contributed by atoms with Crippen molar-refractivity contribution < 1.29 is 17.9 Å². The first-order valence-electron chi connectivity index (χ1n) is 12.5. The maximum absolute atomic E-state index is 13.0. The smallest absolute Gasteiger partial charge is 0.333 e. The van der Waals surface area contributed by atoms with Gasteiger partial charge in [-0.25, -0.2) is 14.5 Å². The first kappa shape index (κ1) is 25.2. The number of likely N-dealkylation sites (N-methyl/N-ethyl adjacent to an activating group) is 1. The summed E-state index contributed by atoms with van der Waals surface area (Å²) < 4.78 is 35.4. The van der Waals surface area contributed by atoms with Gasteiger partial charge in [0.25, 0.3) is 10.0 Å². The average Bonchev–Trinajstić information content (AvgIpc) is 3.60. The summed E-state index contributed by atoms with van der Waals surface area (Å²) in [6, 6.07) is 8.30. The van der Waals surface area contributed by atoms with Crippen LogP contribution in [0, 0.1) is 0 Å². The van der Waals surface area contributed by atoms with Crippen LogP contribution in [0.3, 0.4) is 0 Å². The van der Waals surface area contributed by atoms with Crippen molar-refractivity contribution in [2.24, 2.45) is 0 Å². The number of aromatic nitrogens is 3. The number of fused-ring (bicyclic) bond motifs is 1. The number of nitrogens with zero attached hydrogens (tertiary/aromatic N) is 4. The largest absolute Gasteiger partial charge is 0.473 e. The predicted molar refractivity (Wildman–Crippen MR) is 140 cm³/mol. The van der Waals surface area contributed by atoms with Crippen LogP contribution in [-0.4, -0.2) is 60.4 Å². The SMILES string of the molecule is CC(C)n1ccc(S(=O)(=O)NC(=O)Nc2c(-c3ccnc(OC4CCN(C)C4)c3)ccc3c2CCC3)n1. The van der Waals surface area contributed by atoms with Crippen molar-refractivity contribution in [1.82, 2.24) is 24.4 Å². The summed E-state index contributed by atoms with van der Waals surface area (Å²) in [5.41, 5.74) is 4.39. The molecule has 2 amide bonds. The maximum Gasteiger partial charge on any atom is 0.333 e. The van der Waals surface area contributed by atoms with Gasteiger partial charge in [0.1, 0.15) is 6.10 Å². The van der Waals surface area contributed by atoms with Crippen molar-refractivity contribution >= 4 is 21.7 Å². The van der Waals surface area contributed by atoms with Crippen molar-refractivity contribution in [1.29, 1.82) is 0 Å². The van der Waals surface area contributed by atoms with Crippen LogP contribution in [0.15, 0.2) is 47.8 Å². The zero-order valence-corrected chi connectivity index (χ0v) is 22.1. The molecular formula is C26H32N6O4S. The Balaban J connectivity index is 1.40. The second-order valence-corrected chi connectivity index (χ2v) is 11.6. The molecule has 1 aliphatic carbocycles. The summed E-state index contributed by atoms with van der Waals surface area (Å²) in [6.45, 7) is 5.62. The van der Waals surface area contributed by atoms with Crippen LogP contribution in [0.4, 0.5) is 10.5 Å². The van der Waals surface area contributed by atoms with Gasteiger partial charge >= 0.3 is 6.03 Å². The molecule has 3 aromatic rings. The van der Waals surface area contributed by atoms with Gasteiger partial charge in [0.05, 0.1) is 5.69 Å². The van der Waals surface area contributed by atoms with Crippen molar-refractivity contribution in [3.8, 4) is 17.0 Å². The number of aryl methyl sites for hydroxylation is 1. The zero-order chi connectivity index (χ0) is 26.2. The lowest BCUT2D eigenvalue weighted by atomic mass is 9.98. The molecule has 1 aliphatic heterocycles. The second-order valence-electron chi connectivity index (χ2n) is 9.94. The molecule has 2 aromatic heterocycles. The molecule has 0 bridgehead atoms. The van der Waals surface area contributed by atoms with E-state index in [1.807, 2.05) is 32.0 Å². The highest BCUT2D eigenvalue weighted by atomic mass is 32.2. The standard InChI is InChI=1S/C26H32N6O4S/c1-17(2)32-14-11-24(29-32)37(34,35)30-26(33)28-25-21-6-4-5-18(21)7-8-22(25)19-9-12-27-23(15-19)36-20-10-13-31(3)16-20/h7-9,11-12,14-15,17,20H,4-6,10,13,16H2,1-3H3,(H2,28,30,33). The maximum atomic E-state index is 13.0. The van der Waals surface area contributed by atoms with Crippen LogP contribution in [0.2, 0.25) is 0 Å². The fourth-order valence-electron chi connectivity index (χ4n) is 4.92. The normalized spacial score (nSPS) is 17.7. The van der Waals surface area contributed by atoms with Gasteiger partial charge in [0, 0.05) is 43.2 Å². The first-order chi connectivity index (χ1) is 17.7. The minimum absolute atomic E-state index is 0.00366. The van der Waals surface area contributed by atoms with Gasteiger partial charge < -0.3 is 15.0 Å². The van der Waals surface area contributed by atoms with Gasteiger partial charge in [0.2, 0.25) is 5.88 Å². The zero-order valence-electron chi connectivity index (χ0n) is 21.3. The molecule has 37 heavy (non-hydrogen) atoms. The third kappa shape index (κ3) is 5.47. The second kappa shape index (κ2) is 10.1. The first-order valence-corrected chi connectivity index (χ1v) is 14.0. The van der Waals surface area contributed by atoms with Crippen LogP contribution in [0.5, 0.6) is 5.88 Å². The van der Waals surface area contributed by atoms with Gasteiger partial charge in [-0.2, -0.15) is 13.5 Å². The van der Waals surface area contributed by atoms with E-state index in [1.54, 1.807) is 12.4 Å². The minimum atomic E-state index is -4.14. The fraction of sp³-hybridized carbons (Fsp3) is 0.423. The van der Waals surface area contributed by atoms with Gasteiger partial charge in [-0.15, -0.1) is 0 Å². The van der Waals surface area contributed by atoms with Crippen LogP contribution in [0.1, 0.15) is 43.9 Å². The van der Waals surface area contributed by atoms with Crippen molar-refractivity contribution in [2.45, 2.75) is 56.7 Å². The topological polar surface area (TPSA) is 118 Å². The number of sulfonamides is 1. The minimum Gasteiger partial charge on any atom is -0.473 e. The van der Waals surface area contributed by atoms with Crippen LogP contribution in [-0.2, 0) is 22.9 Å². The Hall–Kier alpha value is -3.44. The van der Waals surface area contributed by atoms with E-state index in [-0.39, 0.29) is 17.2 Å². The molecule has 1 fully saturated rings. The molecule has 10 nitrogen and oxygen atoms in total. The number of nitrogens with one attached hydrogen (secondary N) is 2. The van der Waals surface area contributed by atoms with E-state index in [1.165, 1.54) is 10.7 Å². The van der Waals surface area contributed by atoms with Gasteiger partial charge in [-0.3, -0.25) is 4.68 Å². The molecule has 5 rings (SSSR count). The van der Waals surface area contributed by atoms with Crippen molar-refractivity contribution in [2.75, 3.05) is 25.5 Å².